The number of aromatic amines is 1. The molecule has 1 aromatic heterocycles. The minimum Gasteiger partial charge on any atom is -0.496 e. The summed E-state index contributed by atoms with van der Waals surface area (Å²) in [4.78, 5) is 3.20. The third-order valence-electron chi connectivity index (χ3n) is 3.92. The van der Waals surface area contributed by atoms with Gasteiger partial charge in [0, 0.05) is 24.0 Å². The van der Waals surface area contributed by atoms with Crippen LogP contribution >= 0.6 is 0 Å². The van der Waals surface area contributed by atoms with Crippen molar-refractivity contribution < 1.29 is 13.2 Å². The zero-order valence-corrected chi connectivity index (χ0v) is 14.9. The second-order valence-corrected chi connectivity index (χ2v) is 7.35. The molecule has 26 heavy (non-hydrogen) atoms. The van der Waals surface area contributed by atoms with Gasteiger partial charge in [-0.15, -0.1) is 0 Å². The van der Waals surface area contributed by atoms with Crippen LogP contribution in [0, 0.1) is 11.3 Å². The third kappa shape index (κ3) is 3.77. The van der Waals surface area contributed by atoms with Gasteiger partial charge in [-0.3, -0.25) is 0 Å². The zero-order chi connectivity index (χ0) is 18.6. The normalized spacial score (nSPS) is 11.1. The van der Waals surface area contributed by atoms with E-state index in [4.69, 9.17) is 10.00 Å². The van der Waals surface area contributed by atoms with Crippen molar-refractivity contribution in [2.75, 3.05) is 7.11 Å². The molecule has 0 saturated heterocycles. The molecule has 0 unspecified atom stereocenters. The molecule has 0 fully saturated rings. The van der Waals surface area contributed by atoms with Crippen molar-refractivity contribution in [3.63, 3.8) is 0 Å². The number of ether oxygens (including phenoxy) is 1. The largest absolute Gasteiger partial charge is 0.496 e. The average molecular weight is 367 g/mol. The van der Waals surface area contributed by atoms with Gasteiger partial charge in [-0.2, -0.15) is 5.26 Å². The van der Waals surface area contributed by atoms with Crippen LogP contribution < -0.4 is 9.46 Å². The van der Waals surface area contributed by atoms with Crippen molar-refractivity contribution in [1.82, 2.24) is 9.71 Å². The Hall–Kier alpha value is -3.08. The van der Waals surface area contributed by atoms with Crippen molar-refractivity contribution in [3.05, 3.63) is 71.9 Å². The highest BCUT2D eigenvalue weighted by atomic mass is 32.2. The summed E-state index contributed by atoms with van der Waals surface area (Å²) in [7, 11) is -2.16. The number of rotatable bonds is 6. The second kappa shape index (κ2) is 7.44. The monoisotopic (exact) mass is 367 g/mol. The number of methoxy groups -OCH3 is 1. The maximum atomic E-state index is 12.6. The molecule has 0 saturated carbocycles. The molecule has 0 atom stereocenters. The van der Waals surface area contributed by atoms with E-state index in [1.165, 1.54) is 6.07 Å². The molecule has 3 aromatic rings. The molecule has 2 N–H and O–H groups in total. The molecule has 2 aromatic carbocycles. The van der Waals surface area contributed by atoms with Gasteiger partial charge < -0.3 is 9.72 Å². The van der Waals surface area contributed by atoms with Crippen LogP contribution in [0.1, 0.15) is 11.1 Å². The van der Waals surface area contributed by atoms with Crippen LogP contribution in [-0.4, -0.2) is 20.5 Å². The molecular formula is C19H17N3O3S. The molecular weight excluding hydrogens is 350 g/mol. The van der Waals surface area contributed by atoms with E-state index in [1.54, 1.807) is 49.7 Å². The summed E-state index contributed by atoms with van der Waals surface area (Å²) in [6.07, 6.45) is 1.76. The fourth-order valence-electron chi connectivity index (χ4n) is 2.52. The molecule has 3 rings (SSSR count). The van der Waals surface area contributed by atoms with E-state index < -0.39 is 10.0 Å². The number of H-pyrrole nitrogens is 1. The van der Waals surface area contributed by atoms with Crippen molar-refractivity contribution in [2.24, 2.45) is 0 Å². The van der Waals surface area contributed by atoms with Crippen LogP contribution in [0.25, 0.3) is 11.3 Å². The lowest BCUT2D eigenvalue weighted by molar-refractivity contribution is 0.416. The van der Waals surface area contributed by atoms with Gasteiger partial charge in [0.1, 0.15) is 5.75 Å². The van der Waals surface area contributed by atoms with Gasteiger partial charge in [-0.25, -0.2) is 13.1 Å². The van der Waals surface area contributed by atoms with Gasteiger partial charge in [0.2, 0.25) is 10.0 Å². The van der Waals surface area contributed by atoms with Gasteiger partial charge in [-0.1, -0.05) is 12.1 Å². The highest BCUT2D eigenvalue weighted by Gasteiger charge is 2.17. The van der Waals surface area contributed by atoms with E-state index in [0.29, 0.717) is 16.9 Å². The van der Waals surface area contributed by atoms with Crippen LogP contribution in [0.4, 0.5) is 0 Å². The van der Waals surface area contributed by atoms with E-state index in [0.717, 1.165) is 11.3 Å². The van der Waals surface area contributed by atoms with E-state index in [9.17, 15) is 8.42 Å². The molecule has 7 heteroatoms. The van der Waals surface area contributed by atoms with Gasteiger partial charge >= 0.3 is 0 Å². The summed E-state index contributed by atoms with van der Waals surface area (Å²) in [6.45, 7) is 0.137. The number of sulfonamides is 1. The van der Waals surface area contributed by atoms with Gasteiger partial charge in [0.25, 0.3) is 0 Å². The standard InChI is InChI=1S/C19H17N3O3S/c1-25-19-9-8-16(11-17(19)18-3-2-10-21-18)26(23,24)22-13-15-6-4-14(12-20)5-7-15/h2-11,21-22H,13H2,1H3. The number of benzene rings is 2. The van der Waals surface area contributed by atoms with E-state index in [-0.39, 0.29) is 11.4 Å². The van der Waals surface area contributed by atoms with Crippen molar-refractivity contribution >= 4 is 10.0 Å². The highest BCUT2D eigenvalue weighted by Crippen LogP contribution is 2.31. The first-order chi connectivity index (χ1) is 12.5. The van der Waals surface area contributed by atoms with Crippen molar-refractivity contribution in [3.8, 4) is 23.1 Å². The Labute approximate surface area is 152 Å². The summed E-state index contributed by atoms with van der Waals surface area (Å²) in [5.74, 6) is 0.582. The molecule has 6 nitrogen and oxygen atoms in total. The Morgan fingerprint density at radius 1 is 1.15 bits per heavy atom. The summed E-state index contributed by atoms with van der Waals surface area (Å²) >= 11 is 0. The molecule has 0 aliphatic rings. The molecule has 1 heterocycles. The van der Waals surface area contributed by atoms with Crippen LogP contribution in [0.3, 0.4) is 0 Å². The third-order valence-corrected chi connectivity index (χ3v) is 5.32. The SMILES string of the molecule is COc1ccc(S(=O)(=O)NCc2ccc(C#N)cc2)cc1-c1ccc[nH]1. The number of nitrogens with zero attached hydrogens (tertiary/aromatic N) is 1. The smallest absolute Gasteiger partial charge is 0.240 e. The number of aromatic nitrogens is 1. The van der Waals surface area contributed by atoms with E-state index >= 15 is 0 Å². The van der Waals surface area contributed by atoms with E-state index in [1.807, 2.05) is 18.2 Å². The quantitative estimate of drug-likeness (QED) is 0.700. The number of nitriles is 1. The molecule has 0 amide bonds. The first kappa shape index (κ1) is 17.7. The van der Waals surface area contributed by atoms with Crippen molar-refractivity contribution in [1.29, 1.82) is 5.26 Å². The molecule has 132 valence electrons. The van der Waals surface area contributed by atoms with Crippen molar-refractivity contribution in [2.45, 2.75) is 11.4 Å². The summed E-state index contributed by atoms with van der Waals surface area (Å²) in [5.41, 5.74) is 2.73. The Balaban J connectivity index is 1.84. The maximum Gasteiger partial charge on any atom is 0.240 e. The number of nitrogens with one attached hydrogen (secondary N) is 2. The van der Waals surface area contributed by atoms with Crippen LogP contribution in [-0.2, 0) is 16.6 Å². The summed E-state index contributed by atoms with van der Waals surface area (Å²) < 4.78 is 33.2. The first-order valence-corrected chi connectivity index (χ1v) is 9.32. The zero-order valence-electron chi connectivity index (χ0n) is 14.1. The van der Waals surface area contributed by atoms with Crippen LogP contribution in [0.2, 0.25) is 0 Å². The maximum absolute atomic E-state index is 12.6. The fraction of sp³-hybridized carbons (Fsp3) is 0.105. The summed E-state index contributed by atoms with van der Waals surface area (Å²) in [6, 6.07) is 17.2. The molecule has 0 spiro atoms. The van der Waals surface area contributed by atoms with Gasteiger partial charge in [0.05, 0.1) is 23.6 Å². The van der Waals surface area contributed by atoms with Gasteiger partial charge in [-0.05, 0) is 48.0 Å². The fourth-order valence-corrected chi connectivity index (χ4v) is 3.56. The topological polar surface area (TPSA) is 95.0 Å². The predicted molar refractivity (Wildman–Crippen MR) is 98.0 cm³/mol. The lowest BCUT2D eigenvalue weighted by Gasteiger charge is -2.11. The first-order valence-electron chi connectivity index (χ1n) is 7.84. The molecule has 0 bridgehead atoms. The Kier molecular flexibility index (Phi) is 5.07. The molecule has 0 aliphatic carbocycles. The number of hydrogen-bond donors (Lipinski definition) is 2. The predicted octanol–water partition coefficient (Wildman–Crippen LogP) is 3.04. The minimum absolute atomic E-state index is 0.137. The van der Waals surface area contributed by atoms with Gasteiger partial charge in [0.15, 0.2) is 0 Å². The average Bonchev–Trinajstić information content (AvgIpc) is 3.21. The Bertz CT molecular complexity index is 1030. The van der Waals surface area contributed by atoms with E-state index in [2.05, 4.69) is 9.71 Å². The Morgan fingerprint density at radius 3 is 2.54 bits per heavy atom. The van der Waals surface area contributed by atoms with Crippen LogP contribution in [0.5, 0.6) is 5.75 Å². The lowest BCUT2D eigenvalue weighted by Crippen LogP contribution is -2.23. The minimum atomic E-state index is -3.70. The Morgan fingerprint density at radius 2 is 1.92 bits per heavy atom. The molecule has 0 radical (unpaired) electrons. The summed E-state index contributed by atoms with van der Waals surface area (Å²) in [5, 5.41) is 8.81. The lowest BCUT2D eigenvalue weighted by atomic mass is 10.1. The molecule has 0 aliphatic heterocycles. The van der Waals surface area contributed by atoms with Crippen LogP contribution in [0.15, 0.2) is 65.7 Å². The second-order valence-electron chi connectivity index (χ2n) is 5.58. The number of hydrogen-bond acceptors (Lipinski definition) is 4. The highest BCUT2D eigenvalue weighted by molar-refractivity contribution is 7.89.